The van der Waals surface area contributed by atoms with Crippen LogP contribution in [0, 0.1) is 22.7 Å². The van der Waals surface area contributed by atoms with Gasteiger partial charge in [-0.15, -0.1) is 0 Å². The predicted molar refractivity (Wildman–Crippen MR) is 105 cm³/mol. The minimum Gasteiger partial charge on any atom is -0.441 e. The lowest BCUT2D eigenvalue weighted by molar-refractivity contribution is -0.127. The van der Waals surface area contributed by atoms with Crippen LogP contribution in [0.3, 0.4) is 0 Å². The van der Waals surface area contributed by atoms with Gasteiger partial charge in [0.25, 0.3) is 5.91 Å². The van der Waals surface area contributed by atoms with Crippen molar-refractivity contribution in [3.05, 3.63) is 70.1 Å². The number of imide groups is 1. The van der Waals surface area contributed by atoms with E-state index in [2.05, 4.69) is 0 Å². The van der Waals surface area contributed by atoms with Crippen molar-refractivity contribution in [3.63, 3.8) is 0 Å². The van der Waals surface area contributed by atoms with Crippen molar-refractivity contribution in [2.75, 3.05) is 4.90 Å². The molecule has 2 unspecified atom stereocenters. The zero-order chi connectivity index (χ0) is 21.2. The van der Waals surface area contributed by atoms with E-state index in [1.165, 1.54) is 6.92 Å². The number of anilines is 1. The first-order chi connectivity index (χ1) is 14.4. The number of hydrogen-bond acceptors (Lipinski definition) is 7. The van der Waals surface area contributed by atoms with E-state index in [0.29, 0.717) is 5.39 Å². The Balaban J connectivity index is 2.01. The van der Waals surface area contributed by atoms with Gasteiger partial charge in [-0.25, -0.2) is 9.69 Å². The molecule has 2 atom stereocenters. The van der Waals surface area contributed by atoms with E-state index in [1.54, 1.807) is 48.5 Å². The van der Waals surface area contributed by atoms with E-state index >= 15 is 0 Å². The molecule has 2 aliphatic rings. The number of hydrogen-bond donors (Lipinski definition) is 1. The van der Waals surface area contributed by atoms with Crippen molar-refractivity contribution >= 4 is 34.4 Å². The summed E-state index contributed by atoms with van der Waals surface area (Å²) < 4.78 is 11.1. The predicted octanol–water partition coefficient (Wildman–Crippen LogP) is 2.48. The molecule has 0 saturated heterocycles. The Morgan fingerprint density at radius 3 is 2.60 bits per heavy atom. The van der Waals surface area contributed by atoms with Gasteiger partial charge < -0.3 is 9.15 Å². The molecule has 1 N–H and O–H groups in total. The quantitative estimate of drug-likeness (QED) is 0.579. The number of benzene rings is 2. The average Bonchev–Trinajstić information content (AvgIpc) is 2.97. The number of para-hydroxylation sites is 2. The molecule has 0 saturated carbocycles. The van der Waals surface area contributed by atoms with Crippen molar-refractivity contribution in [1.29, 1.82) is 10.7 Å². The summed E-state index contributed by atoms with van der Waals surface area (Å²) in [6, 6.07) is 15.0. The fourth-order valence-electron chi connectivity index (χ4n) is 4.47. The highest BCUT2D eigenvalue weighted by atomic mass is 16.5. The van der Waals surface area contributed by atoms with Crippen molar-refractivity contribution < 1.29 is 18.7 Å². The van der Waals surface area contributed by atoms with Gasteiger partial charge in [0, 0.05) is 6.92 Å². The first-order valence-electron chi connectivity index (χ1n) is 9.09. The van der Waals surface area contributed by atoms with Gasteiger partial charge in [0.1, 0.15) is 22.5 Å². The summed E-state index contributed by atoms with van der Waals surface area (Å²) >= 11 is 0. The zero-order valence-electron chi connectivity index (χ0n) is 15.6. The summed E-state index contributed by atoms with van der Waals surface area (Å²) in [6.07, 6.45) is 0. The van der Waals surface area contributed by atoms with Gasteiger partial charge in [0.2, 0.25) is 11.8 Å². The lowest BCUT2D eigenvalue weighted by Crippen LogP contribution is -2.55. The van der Waals surface area contributed by atoms with E-state index in [4.69, 9.17) is 14.6 Å². The van der Waals surface area contributed by atoms with Gasteiger partial charge in [0.05, 0.1) is 17.1 Å². The Hall–Kier alpha value is -4.25. The monoisotopic (exact) mass is 399 g/mol. The first kappa shape index (κ1) is 17.8. The molecule has 1 spiro atoms. The molecule has 2 aromatic carbocycles. The summed E-state index contributed by atoms with van der Waals surface area (Å²) in [5, 5.41) is 18.7. The third-order valence-electron chi connectivity index (χ3n) is 5.62. The molecule has 0 aliphatic carbocycles. The molecule has 2 aliphatic heterocycles. The van der Waals surface area contributed by atoms with Gasteiger partial charge in [-0.1, -0.05) is 30.3 Å². The molecule has 30 heavy (non-hydrogen) atoms. The number of carbonyl (C=O) groups excluding carboxylic acids is 2. The molecule has 3 heterocycles. The molecule has 3 aromatic rings. The van der Waals surface area contributed by atoms with E-state index in [-0.39, 0.29) is 28.1 Å². The second kappa shape index (κ2) is 5.87. The molecule has 0 radical (unpaired) electrons. The maximum Gasteiger partial charge on any atom is 0.344 e. The molecule has 0 fully saturated rings. The largest absolute Gasteiger partial charge is 0.441 e. The Labute approximate surface area is 169 Å². The number of nitrogens with one attached hydrogen (secondary N) is 1. The molecule has 146 valence electrons. The van der Waals surface area contributed by atoms with E-state index in [1.807, 2.05) is 6.07 Å². The second-order valence-corrected chi connectivity index (χ2v) is 7.10. The van der Waals surface area contributed by atoms with Gasteiger partial charge in [-0.2, -0.15) is 5.26 Å². The van der Waals surface area contributed by atoms with Gasteiger partial charge >= 0.3 is 5.63 Å². The summed E-state index contributed by atoms with van der Waals surface area (Å²) in [7, 11) is 0. The minimum atomic E-state index is -1.92. The van der Waals surface area contributed by atoms with Gasteiger partial charge in [-0.3, -0.25) is 15.0 Å². The van der Waals surface area contributed by atoms with Crippen LogP contribution in [0.15, 0.2) is 57.7 Å². The third kappa shape index (κ3) is 1.93. The van der Waals surface area contributed by atoms with Gasteiger partial charge in [-0.05, 0) is 23.8 Å². The number of nitriles is 1. The van der Waals surface area contributed by atoms with E-state index < -0.39 is 34.7 Å². The summed E-state index contributed by atoms with van der Waals surface area (Å²) in [5.74, 6) is -3.28. The van der Waals surface area contributed by atoms with Crippen LogP contribution in [0.4, 0.5) is 5.69 Å². The maximum absolute atomic E-state index is 13.8. The fourth-order valence-corrected chi connectivity index (χ4v) is 4.47. The second-order valence-electron chi connectivity index (χ2n) is 7.10. The Bertz CT molecular complexity index is 1400. The van der Waals surface area contributed by atoms with E-state index in [0.717, 1.165) is 4.90 Å². The molecular weight excluding hydrogens is 386 g/mol. The number of ether oxygens (including phenoxy) is 1. The first-order valence-corrected chi connectivity index (χ1v) is 9.09. The van der Waals surface area contributed by atoms with Crippen LogP contribution in [0.5, 0.6) is 5.75 Å². The third-order valence-corrected chi connectivity index (χ3v) is 5.62. The maximum atomic E-state index is 13.8. The van der Waals surface area contributed by atoms with Crippen LogP contribution in [-0.4, -0.2) is 17.7 Å². The highest BCUT2D eigenvalue weighted by Crippen LogP contribution is 2.55. The van der Waals surface area contributed by atoms with Crippen LogP contribution in [0.2, 0.25) is 0 Å². The van der Waals surface area contributed by atoms with Crippen LogP contribution in [-0.2, 0) is 15.0 Å². The van der Waals surface area contributed by atoms with Crippen LogP contribution < -0.4 is 15.3 Å². The topological polar surface area (TPSA) is 124 Å². The molecule has 8 nitrogen and oxygen atoms in total. The van der Waals surface area contributed by atoms with Crippen LogP contribution >= 0.6 is 0 Å². The Morgan fingerprint density at radius 1 is 1.17 bits per heavy atom. The lowest BCUT2D eigenvalue weighted by Gasteiger charge is -2.37. The minimum absolute atomic E-state index is 0.00750. The average molecular weight is 399 g/mol. The molecule has 1 aromatic heterocycles. The Morgan fingerprint density at radius 2 is 1.87 bits per heavy atom. The fraction of sp³-hybridized carbons (Fsp3) is 0.136. The highest BCUT2D eigenvalue weighted by Gasteiger charge is 2.64. The molecule has 2 amide bonds. The number of amides is 2. The number of carbonyl (C=O) groups is 2. The normalized spacial score (nSPS) is 21.9. The molecule has 0 bridgehead atoms. The highest BCUT2D eigenvalue weighted by molar-refractivity contribution is 6.25. The molecular formula is C22H13N3O5. The number of fused-ring (bicyclic) bond motifs is 6. The van der Waals surface area contributed by atoms with Crippen molar-refractivity contribution in [2.24, 2.45) is 5.92 Å². The van der Waals surface area contributed by atoms with E-state index in [9.17, 15) is 19.6 Å². The summed E-state index contributed by atoms with van der Waals surface area (Å²) in [5.41, 5.74) is -2.18. The van der Waals surface area contributed by atoms with Crippen molar-refractivity contribution in [2.45, 2.75) is 12.3 Å². The SMILES string of the molecule is CC(=O)N1C(=O)C2(c3ccccc31)c1c(c3ccccc3oc1=O)OC(=N)C2C#N. The van der Waals surface area contributed by atoms with Gasteiger partial charge in [0.15, 0.2) is 5.75 Å². The number of nitrogens with zero attached hydrogens (tertiary/aromatic N) is 2. The Kier molecular flexibility index (Phi) is 3.49. The molecule has 8 heteroatoms. The van der Waals surface area contributed by atoms with Crippen molar-refractivity contribution in [3.8, 4) is 11.8 Å². The summed E-state index contributed by atoms with van der Waals surface area (Å²) in [6.45, 7) is 1.23. The van der Waals surface area contributed by atoms with Crippen LogP contribution in [0.1, 0.15) is 18.1 Å². The standard InChI is InChI=1S/C22H13N3O5/c1-11(26)25-15-8-4-3-7-13(15)22(21(25)28)14(10-23)19(24)30-18-12-6-2-5-9-16(12)29-20(27)17(18)22/h2-9,14,24H,1H3. The number of rotatable bonds is 0. The zero-order valence-corrected chi connectivity index (χ0v) is 15.6. The lowest BCUT2D eigenvalue weighted by atomic mass is 9.65. The molecule has 5 rings (SSSR count). The summed E-state index contributed by atoms with van der Waals surface area (Å²) in [4.78, 5) is 40.2. The van der Waals surface area contributed by atoms with Crippen LogP contribution in [0.25, 0.3) is 11.0 Å². The smallest absolute Gasteiger partial charge is 0.344 e. The van der Waals surface area contributed by atoms with Crippen molar-refractivity contribution in [1.82, 2.24) is 0 Å².